The van der Waals surface area contributed by atoms with Gasteiger partial charge in [-0.3, -0.25) is 4.79 Å². The molecule has 2 unspecified atom stereocenters. The van der Waals surface area contributed by atoms with Gasteiger partial charge in [-0.1, -0.05) is 6.42 Å². The first-order chi connectivity index (χ1) is 10.5. The zero-order valence-corrected chi connectivity index (χ0v) is 16.8. The van der Waals surface area contributed by atoms with E-state index in [9.17, 15) is 4.79 Å². The molecule has 1 saturated heterocycles. The topological polar surface area (TPSA) is 49.6 Å². The average molecular weight is 380 g/mol. The summed E-state index contributed by atoms with van der Waals surface area (Å²) in [6.45, 7) is 3.09. The Morgan fingerprint density at radius 2 is 1.58 bits per heavy atom. The first-order valence-electron chi connectivity index (χ1n) is 9.23. The summed E-state index contributed by atoms with van der Waals surface area (Å²) in [5.41, 5.74) is 6.36. The normalized spacial score (nSPS) is 33.6. The van der Waals surface area contributed by atoms with Crippen LogP contribution in [0.1, 0.15) is 44.9 Å². The van der Waals surface area contributed by atoms with Gasteiger partial charge in [0.1, 0.15) is 0 Å². The lowest BCUT2D eigenvalue weighted by atomic mass is 9.65. The number of carbonyl (C=O) groups is 1. The average Bonchev–Trinajstić information content (AvgIpc) is 2.46. The zero-order valence-electron chi connectivity index (χ0n) is 15.2. The van der Waals surface area contributed by atoms with Gasteiger partial charge >= 0.3 is 0 Å². The molecule has 3 rings (SSSR count). The van der Waals surface area contributed by atoms with Crippen molar-refractivity contribution in [2.24, 2.45) is 29.4 Å². The highest BCUT2D eigenvalue weighted by atomic mass is 35.5. The Bertz CT molecular complexity index is 386. The van der Waals surface area contributed by atoms with Crippen LogP contribution in [0.4, 0.5) is 0 Å². The molecule has 4 nitrogen and oxygen atoms in total. The lowest BCUT2D eigenvalue weighted by molar-refractivity contribution is -0.140. The summed E-state index contributed by atoms with van der Waals surface area (Å²) in [6, 6.07) is 0.364. The van der Waals surface area contributed by atoms with Crippen LogP contribution in [0.3, 0.4) is 0 Å². The fourth-order valence-electron chi connectivity index (χ4n) is 5.10. The van der Waals surface area contributed by atoms with Gasteiger partial charge in [-0.15, -0.1) is 24.8 Å². The van der Waals surface area contributed by atoms with Crippen LogP contribution in [0, 0.1) is 23.7 Å². The smallest absolute Gasteiger partial charge is 0.225 e. The van der Waals surface area contributed by atoms with E-state index in [1.807, 2.05) is 0 Å². The van der Waals surface area contributed by atoms with E-state index in [2.05, 4.69) is 23.9 Å². The van der Waals surface area contributed by atoms with Crippen molar-refractivity contribution in [3.8, 4) is 0 Å². The fourth-order valence-corrected chi connectivity index (χ4v) is 5.10. The predicted octanol–water partition coefficient (Wildman–Crippen LogP) is 2.78. The molecule has 2 bridgehead atoms. The molecule has 1 aliphatic heterocycles. The number of carbonyl (C=O) groups excluding carboxylic acids is 1. The van der Waals surface area contributed by atoms with Gasteiger partial charge in [0.05, 0.1) is 0 Å². The Kier molecular flexibility index (Phi) is 8.81. The van der Waals surface area contributed by atoms with Crippen molar-refractivity contribution in [3.63, 3.8) is 0 Å². The maximum atomic E-state index is 12.9. The lowest BCUT2D eigenvalue weighted by Gasteiger charge is -2.45. The third-order valence-corrected chi connectivity index (χ3v) is 6.31. The molecule has 0 aromatic rings. The maximum Gasteiger partial charge on any atom is 0.225 e. The van der Waals surface area contributed by atoms with Crippen molar-refractivity contribution >= 4 is 30.7 Å². The SMILES string of the molecule is CN(C)CC1CCN(C(=O)C2CC3CCCC(C2)C3N)CC1.Cl.Cl. The van der Waals surface area contributed by atoms with E-state index in [1.165, 1.54) is 32.1 Å². The molecule has 1 heterocycles. The number of nitrogens with zero attached hydrogens (tertiary/aromatic N) is 2. The largest absolute Gasteiger partial charge is 0.342 e. The Hall–Kier alpha value is -0.0300. The van der Waals surface area contributed by atoms with E-state index in [-0.39, 0.29) is 30.7 Å². The zero-order chi connectivity index (χ0) is 15.7. The molecule has 2 N–H and O–H groups in total. The van der Waals surface area contributed by atoms with Crippen LogP contribution in [-0.2, 0) is 4.79 Å². The number of amides is 1. The molecule has 1 amide bonds. The van der Waals surface area contributed by atoms with Crippen molar-refractivity contribution in [1.29, 1.82) is 0 Å². The Morgan fingerprint density at radius 3 is 2.08 bits per heavy atom. The molecule has 3 fully saturated rings. The third kappa shape index (κ3) is 5.00. The van der Waals surface area contributed by atoms with Crippen LogP contribution in [-0.4, -0.2) is 55.5 Å². The number of likely N-dealkylation sites (tertiary alicyclic amines) is 1. The summed E-state index contributed by atoms with van der Waals surface area (Å²) in [5, 5.41) is 0. The summed E-state index contributed by atoms with van der Waals surface area (Å²) in [5.74, 6) is 2.67. The summed E-state index contributed by atoms with van der Waals surface area (Å²) in [6.07, 6.45) is 8.24. The second-order valence-corrected chi connectivity index (χ2v) is 8.23. The number of hydrogen-bond acceptors (Lipinski definition) is 3. The number of piperidine rings is 1. The molecule has 3 aliphatic rings. The molecule has 2 aliphatic carbocycles. The Labute approximate surface area is 159 Å². The summed E-state index contributed by atoms with van der Waals surface area (Å²) in [7, 11) is 4.28. The van der Waals surface area contributed by atoms with Crippen molar-refractivity contribution in [2.45, 2.75) is 51.0 Å². The number of fused-ring (bicyclic) bond motifs is 2. The summed E-state index contributed by atoms with van der Waals surface area (Å²) < 4.78 is 0. The molecule has 0 radical (unpaired) electrons. The third-order valence-electron chi connectivity index (χ3n) is 6.31. The van der Waals surface area contributed by atoms with Crippen LogP contribution in [0.5, 0.6) is 0 Å². The van der Waals surface area contributed by atoms with Gasteiger partial charge in [-0.2, -0.15) is 0 Å². The minimum Gasteiger partial charge on any atom is -0.342 e. The first kappa shape index (κ1) is 22.0. The minimum absolute atomic E-state index is 0. The second kappa shape index (κ2) is 9.61. The van der Waals surface area contributed by atoms with Crippen molar-refractivity contribution in [3.05, 3.63) is 0 Å². The van der Waals surface area contributed by atoms with Crippen molar-refractivity contribution in [1.82, 2.24) is 9.80 Å². The number of halogens is 2. The van der Waals surface area contributed by atoms with E-state index < -0.39 is 0 Å². The molecule has 24 heavy (non-hydrogen) atoms. The van der Waals surface area contributed by atoms with Crippen LogP contribution < -0.4 is 5.73 Å². The molecular formula is C18H35Cl2N3O. The van der Waals surface area contributed by atoms with Gasteiger partial charge in [0.2, 0.25) is 5.91 Å². The van der Waals surface area contributed by atoms with Crippen molar-refractivity contribution < 1.29 is 4.79 Å². The van der Waals surface area contributed by atoms with E-state index in [0.717, 1.165) is 38.4 Å². The van der Waals surface area contributed by atoms with Gasteiger partial charge in [0.15, 0.2) is 0 Å². The van der Waals surface area contributed by atoms with Crippen LogP contribution in [0.25, 0.3) is 0 Å². The van der Waals surface area contributed by atoms with E-state index in [0.29, 0.717) is 23.8 Å². The number of hydrogen-bond donors (Lipinski definition) is 1. The van der Waals surface area contributed by atoms with Crippen LogP contribution >= 0.6 is 24.8 Å². The highest BCUT2D eigenvalue weighted by Crippen LogP contribution is 2.42. The Morgan fingerprint density at radius 1 is 1.04 bits per heavy atom. The highest BCUT2D eigenvalue weighted by molar-refractivity contribution is 5.85. The first-order valence-corrected chi connectivity index (χ1v) is 9.23. The summed E-state index contributed by atoms with van der Waals surface area (Å²) >= 11 is 0. The van der Waals surface area contributed by atoms with Gasteiger partial charge in [-0.05, 0) is 70.4 Å². The highest BCUT2D eigenvalue weighted by Gasteiger charge is 2.41. The lowest BCUT2D eigenvalue weighted by Crippen LogP contribution is -2.51. The molecule has 0 aromatic carbocycles. The van der Waals surface area contributed by atoms with Crippen LogP contribution in [0.2, 0.25) is 0 Å². The molecule has 0 aromatic heterocycles. The quantitative estimate of drug-likeness (QED) is 0.819. The van der Waals surface area contributed by atoms with E-state index in [1.54, 1.807) is 0 Å². The van der Waals surface area contributed by atoms with Gasteiger partial charge in [0, 0.05) is 31.6 Å². The van der Waals surface area contributed by atoms with Crippen molar-refractivity contribution in [2.75, 3.05) is 33.7 Å². The van der Waals surface area contributed by atoms with Crippen LogP contribution in [0.15, 0.2) is 0 Å². The fraction of sp³-hybridized carbons (Fsp3) is 0.944. The van der Waals surface area contributed by atoms with E-state index in [4.69, 9.17) is 5.73 Å². The molecule has 142 valence electrons. The Balaban J connectivity index is 0.00000144. The standard InChI is InChI=1S/C18H33N3O.2ClH/c1-20(2)12-13-6-8-21(9-7-13)18(22)16-10-14-4-3-5-15(11-16)17(14)19;;/h13-17H,3-12,19H2,1-2H3;2*1H. The summed E-state index contributed by atoms with van der Waals surface area (Å²) in [4.78, 5) is 17.3. The van der Waals surface area contributed by atoms with E-state index >= 15 is 0 Å². The molecule has 0 spiro atoms. The second-order valence-electron chi connectivity index (χ2n) is 8.23. The monoisotopic (exact) mass is 379 g/mol. The number of nitrogens with two attached hydrogens (primary N) is 1. The van der Waals surface area contributed by atoms with Gasteiger partial charge in [-0.25, -0.2) is 0 Å². The molecular weight excluding hydrogens is 345 g/mol. The molecule has 2 saturated carbocycles. The van der Waals surface area contributed by atoms with Gasteiger partial charge in [0.25, 0.3) is 0 Å². The number of rotatable bonds is 3. The maximum absolute atomic E-state index is 12.9. The van der Waals surface area contributed by atoms with Gasteiger partial charge < -0.3 is 15.5 Å². The minimum atomic E-state index is 0. The molecule has 6 heteroatoms. The predicted molar refractivity (Wildman–Crippen MR) is 104 cm³/mol. The molecule has 2 atom stereocenters.